The van der Waals surface area contributed by atoms with E-state index in [2.05, 4.69) is 16.6 Å². The molecule has 1 amide bonds. The SMILES string of the molecule is C#CCNCC(=O)NC(C)(CC)CO. The molecule has 3 N–H and O–H groups in total. The standard InChI is InChI=1S/C10H18N2O2/c1-4-6-11-7-9(14)12-10(3,5-2)8-13/h1,11,13H,5-8H2,2-3H3,(H,12,14). The molecule has 0 rings (SSSR count). The fourth-order valence-corrected chi connectivity index (χ4v) is 0.869. The quantitative estimate of drug-likeness (QED) is 0.398. The highest BCUT2D eigenvalue weighted by molar-refractivity contribution is 5.78. The number of aliphatic hydroxyl groups is 1. The normalized spacial score (nSPS) is 14.1. The van der Waals surface area contributed by atoms with Gasteiger partial charge in [0.1, 0.15) is 0 Å². The van der Waals surface area contributed by atoms with Gasteiger partial charge in [-0.3, -0.25) is 10.1 Å². The second-order valence-corrected chi connectivity index (χ2v) is 3.43. The molecule has 0 aromatic carbocycles. The zero-order valence-corrected chi connectivity index (χ0v) is 8.76. The van der Waals surface area contributed by atoms with Crippen LogP contribution in [0.4, 0.5) is 0 Å². The van der Waals surface area contributed by atoms with Gasteiger partial charge >= 0.3 is 0 Å². The zero-order chi connectivity index (χ0) is 11.0. The third kappa shape index (κ3) is 4.85. The molecule has 0 saturated carbocycles. The number of rotatable bonds is 6. The van der Waals surface area contributed by atoms with E-state index in [0.29, 0.717) is 13.0 Å². The molecule has 0 heterocycles. The molecule has 1 atom stereocenters. The molecule has 0 aromatic heterocycles. The molecule has 0 radical (unpaired) electrons. The summed E-state index contributed by atoms with van der Waals surface area (Å²) < 4.78 is 0. The highest BCUT2D eigenvalue weighted by Gasteiger charge is 2.22. The predicted molar refractivity (Wildman–Crippen MR) is 55.6 cm³/mol. The molecular formula is C10H18N2O2. The van der Waals surface area contributed by atoms with Crippen LogP contribution in [-0.4, -0.2) is 36.2 Å². The van der Waals surface area contributed by atoms with Gasteiger partial charge in [-0.25, -0.2) is 0 Å². The molecule has 0 aliphatic rings. The van der Waals surface area contributed by atoms with E-state index in [4.69, 9.17) is 11.5 Å². The summed E-state index contributed by atoms with van der Waals surface area (Å²) in [7, 11) is 0. The molecule has 0 aromatic rings. The van der Waals surface area contributed by atoms with Crippen LogP contribution >= 0.6 is 0 Å². The van der Waals surface area contributed by atoms with Crippen molar-refractivity contribution >= 4 is 5.91 Å². The third-order valence-corrected chi connectivity index (χ3v) is 2.08. The Morgan fingerprint density at radius 1 is 1.64 bits per heavy atom. The number of hydrogen-bond donors (Lipinski definition) is 3. The molecule has 1 unspecified atom stereocenters. The van der Waals surface area contributed by atoms with E-state index in [9.17, 15) is 4.79 Å². The first kappa shape index (κ1) is 12.9. The van der Waals surface area contributed by atoms with E-state index < -0.39 is 5.54 Å². The van der Waals surface area contributed by atoms with Crippen molar-refractivity contribution < 1.29 is 9.90 Å². The molecule has 80 valence electrons. The number of carbonyl (C=O) groups is 1. The van der Waals surface area contributed by atoms with Gasteiger partial charge < -0.3 is 10.4 Å². The summed E-state index contributed by atoms with van der Waals surface area (Å²) in [6.07, 6.45) is 5.70. The van der Waals surface area contributed by atoms with E-state index in [1.54, 1.807) is 6.92 Å². The Labute approximate surface area is 85.1 Å². The van der Waals surface area contributed by atoms with Crippen molar-refractivity contribution in [2.24, 2.45) is 0 Å². The lowest BCUT2D eigenvalue weighted by Crippen LogP contribution is -2.51. The Morgan fingerprint density at radius 2 is 2.29 bits per heavy atom. The molecule has 14 heavy (non-hydrogen) atoms. The van der Waals surface area contributed by atoms with Crippen LogP contribution in [0.15, 0.2) is 0 Å². The van der Waals surface area contributed by atoms with Gasteiger partial charge in [0.05, 0.1) is 25.2 Å². The maximum Gasteiger partial charge on any atom is 0.234 e. The topological polar surface area (TPSA) is 61.4 Å². The molecule has 0 saturated heterocycles. The molecule has 4 heteroatoms. The number of amides is 1. The summed E-state index contributed by atoms with van der Waals surface area (Å²) in [5.74, 6) is 2.22. The smallest absolute Gasteiger partial charge is 0.234 e. The van der Waals surface area contributed by atoms with Gasteiger partial charge in [0.25, 0.3) is 0 Å². The fourth-order valence-electron chi connectivity index (χ4n) is 0.869. The maximum atomic E-state index is 11.3. The Hall–Kier alpha value is -1.05. The van der Waals surface area contributed by atoms with Gasteiger partial charge in [0.15, 0.2) is 0 Å². The lowest BCUT2D eigenvalue weighted by molar-refractivity contribution is -0.122. The van der Waals surface area contributed by atoms with Crippen LogP contribution in [0.1, 0.15) is 20.3 Å². The average molecular weight is 198 g/mol. The van der Waals surface area contributed by atoms with E-state index in [-0.39, 0.29) is 19.1 Å². The minimum atomic E-state index is -0.533. The van der Waals surface area contributed by atoms with Gasteiger partial charge in [0.2, 0.25) is 5.91 Å². The number of hydrogen-bond acceptors (Lipinski definition) is 3. The number of carbonyl (C=O) groups excluding carboxylic acids is 1. The van der Waals surface area contributed by atoms with Gasteiger partial charge in [-0.15, -0.1) is 6.42 Å². The van der Waals surface area contributed by atoms with Crippen LogP contribution in [0.5, 0.6) is 0 Å². The van der Waals surface area contributed by atoms with Crippen LogP contribution in [0, 0.1) is 12.3 Å². The Morgan fingerprint density at radius 3 is 2.71 bits per heavy atom. The van der Waals surface area contributed by atoms with Crippen LogP contribution in [0.2, 0.25) is 0 Å². The van der Waals surface area contributed by atoms with Crippen molar-refractivity contribution in [3.63, 3.8) is 0 Å². The van der Waals surface area contributed by atoms with Crippen LogP contribution in [-0.2, 0) is 4.79 Å². The molecular weight excluding hydrogens is 180 g/mol. The highest BCUT2D eigenvalue weighted by atomic mass is 16.3. The first-order valence-electron chi connectivity index (χ1n) is 4.64. The highest BCUT2D eigenvalue weighted by Crippen LogP contribution is 2.06. The molecule has 0 aliphatic carbocycles. The maximum absolute atomic E-state index is 11.3. The minimum Gasteiger partial charge on any atom is -0.394 e. The van der Waals surface area contributed by atoms with Gasteiger partial charge in [-0.05, 0) is 13.3 Å². The van der Waals surface area contributed by atoms with Crippen LogP contribution < -0.4 is 10.6 Å². The summed E-state index contributed by atoms with van der Waals surface area (Å²) in [6.45, 7) is 4.19. The second kappa shape index (κ2) is 6.41. The van der Waals surface area contributed by atoms with Crippen molar-refractivity contribution in [1.82, 2.24) is 10.6 Å². The first-order valence-corrected chi connectivity index (χ1v) is 4.64. The second-order valence-electron chi connectivity index (χ2n) is 3.43. The lowest BCUT2D eigenvalue weighted by atomic mass is 10.0. The van der Waals surface area contributed by atoms with E-state index in [1.807, 2.05) is 6.92 Å². The number of terminal acetylenes is 1. The monoisotopic (exact) mass is 198 g/mol. The van der Waals surface area contributed by atoms with Crippen molar-refractivity contribution in [2.45, 2.75) is 25.8 Å². The summed E-state index contributed by atoms with van der Waals surface area (Å²) >= 11 is 0. The zero-order valence-electron chi connectivity index (χ0n) is 8.76. The third-order valence-electron chi connectivity index (χ3n) is 2.08. The first-order chi connectivity index (χ1) is 6.58. The van der Waals surface area contributed by atoms with Crippen LogP contribution in [0.25, 0.3) is 0 Å². The van der Waals surface area contributed by atoms with Crippen molar-refractivity contribution in [3.8, 4) is 12.3 Å². The largest absolute Gasteiger partial charge is 0.394 e. The van der Waals surface area contributed by atoms with E-state index in [0.717, 1.165) is 0 Å². The van der Waals surface area contributed by atoms with E-state index in [1.165, 1.54) is 0 Å². The van der Waals surface area contributed by atoms with Crippen molar-refractivity contribution in [1.29, 1.82) is 0 Å². The summed E-state index contributed by atoms with van der Waals surface area (Å²) in [6, 6.07) is 0. The van der Waals surface area contributed by atoms with Crippen LogP contribution in [0.3, 0.4) is 0 Å². The molecule has 0 spiro atoms. The average Bonchev–Trinajstić information content (AvgIpc) is 2.18. The summed E-state index contributed by atoms with van der Waals surface area (Å²) in [5.41, 5.74) is -0.533. The van der Waals surface area contributed by atoms with Gasteiger partial charge in [-0.1, -0.05) is 12.8 Å². The Kier molecular flexibility index (Phi) is 5.93. The molecule has 0 bridgehead atoms. The predicted octanol–water partition coefficient (Wildman–Crippen LogP) is -0.514. The van der Waals surface area contributed by atoms with Crippen molar-refractivity contribution in [2.75, 3.05) is 19.7 Å². The fraction of sp³-hybridized carbons (Fsp3) is 0.700. The molecule has 4 nitrogen and oxygen atoms in total. The minimum absolute atomic E-state index is 0.0651. The van der Waals surface area contributed by atoms with E-state index >= 15 is 0 Å². The number of nitrogens with one attached hydrogen (secondary N) is 2. The molecule has 0 fully saturated rings. The van der Waals surface area contributed by atoms with Gasteiger partial charge in [-0.2, -0.15) is 0 Å². The number of aliphatic hydroxyl groups excluding tert-OH is 1. The Bertz CT molecular complexity index is 217. The van der Waals surface area contributed by atoms with Gasteiger partial charge in [0, 0.05) is 0 Å². The Balaban J connectivity index is 3.87. The molecule has 0 aliphatic heterocycles. The summed E-state index contributed by atoms with van der Waals surface area (Å²) in [4.78, 5) is 11.3. The summed E-state index contributed by atoms with van der Waals surface area (Å²) in [5, 5.41) is 14.5. The lowest BCUT2D eigenvalue weighted by Gasteiger charge is -2.27. The van der Waals surface area contributed by atoms with Crippen molar-refractivity contribution in [3.05, 3.63) is 0 Å².